The summed E-state index contributed by atoms with van der Waals surface area (Å²) in [6.07, 6.45) is 0. The molecule has 0 aliphatic rings. The molecule has 2 aromatic carbocycles. The van der Waals surface area contributed by atoms with Crippen LogP contribution < -0.4 is 5.73 Å². The largest absolute Gasteiger partial charge is 0.481 e. The van der Waals surface area contributed by atoms with E-state index >= 15 is 0 Å². The molecule has 6 nitrogen and oxygen atoms in total. The van der Waals surface area contributed by atoms with Gasteiger partial charge in [0.15, 0.2) is 5.92 Å². The second-order valence-electron chi connectivity index (χ2n) is 7.62. The number of ether oxygens (including phenoxy) is 1. The Morgan fingerprint density at radius 3 is 2.48 bits per heavy atom. The second kappa shape index (κ2) is 9.08. The maximum absolute atomic E-state index is 12.6. The zero-order chi connectivity index (χ0) is 21.8. The van der Waals surface area contributed by atoms with Crippen LogP contribution in [-0.2, 0) is 14.3 Å². The van der Waals surface area contributed by atoms with Crippen molar-refractivity contribution in [1.82, 2.24) is 0 Å². The number of carbonyl (C=O) groups excluding carboxylic acids is 1. The summed E-state index contributed by atoms with van der Waals surface area (Å²) in [6, 6.07) is 13.9. The van der Waals surface area contributed by atoms with Gasteiger partial charge in [0.1, 0.15) is 5.60 Å². The minimum absolute atomic E-state index is 0.0739. The summed E-state index contributed by atoms with van der Waals surface area (Å²) in [6.45, 7) is 4.94. The Balaban J connectivity index is 2.51. The minimum Gasteiger partial charge on any atom is -0.481 e. The standard InChI is InChI=1S/C22H23ClN2O4/c1-22(2,3)29-21(28)19(20(26)27)17(12-25)15-7-8-18(23)16(10-15)14-6-4-5-13(9-14)11-24/h4-10,17,19H,12,25H2,1-3H3,(H,26,27)/t17-,19?/m0/s1. The molecule has 0 saturated heterocycles. The highest BCUT2D eigenvalue weighted by Gasteiger charge is 2.38. The molecule has 0 bridgehead atoms. The summed E-state index contributed by atoms with van der Waals surface area (Å²) in [5, 5.41) is 19.3. The van der Waals surface area contributed by atoms with Gasteiger partial charge in [0.25, 0.3) is 0 Å². The van der Waals surface area contributed by atoms with Crippen LogP contribution in [0.15, 0.2) is 42.5 Å². The molecule has 3 N–H and O–H groups in total. The third kappa shape index (κ3) is 5.57. The van der Waals surface area contributed by atoms with Gasteiger partial charge < -0.3 is 15.6 Å². The smallest absolute Gasteiger partial charge is 0.321 e. The lowest BCUT2D eigenvalue weighted by molar-refractivity contribution is -0.167. The van der Waals surface area contributed by atoms with Crippen molar-refractivity contribution in [2.75, 3.05) is 6.54 Å². The molecule has 1 unspecified atom stereocenters. The molecular weight excluding hydrogens is 392 g/mol. The van der Waals surface area contributed by atoms with Crippen LogP contribution in [0.25, 0.3) is 11.1 Å². The molecule has 0 radical (unpaired) electrons. The van der Waals surface area contributed by atoms with E-state index in [2.05, 4.69) is 6.07 Å². The van der Waals surface area contributed by atoms with Gasteiger partial charge in [0.05, 0.1) is 11.6 Å². The number of nitrogens with two attached hydrogens (primary N) is 1. The van der Waals surface area contributed by atoms with E-state index in [1.165, 1.54) is 0 Å². The van der Waals surface area contributed by atoms with E-state index in [9.17, 15) is 14.7 Å². The van der Waals surface area contributed by atoms with Gasteiger partial charge in [-0.3, -0.25) is 9.59 Å². The molecule has 0 amide bonds. The van der Waals surface area contributed by atoms with E-state index in [4.69, 9.17) is 27.3 Å². The first kappa shape index (κ1) is 22.4. The summed E-state index contributed by atoms with van der Waals surface area (Å²) >= 11 is 6.34. The fraction of sp³-hybridized carbons (Fsp3) is 0.318. The van der Waals surface area contributed by atoms with Gasteiger partial charge in [-0.1, -0.05) is 29.8 Å². The van der Waals surface area contributed by atoms with Gasteiger partial charge in [0, 0.05) is 23.0 Å². The number of carboxylic acids is 1. The van der Waals surface area contributed by atoms with Crippen LogP contribution in [0.4, 0.5) is 0 Å². The van der Waals surface area contributed by atoms with E-state index < -0.39 is 29.4 Å². The number of carbonyl (C=O) groups is 2. The molecule has 2 rings (SSSR count). The van der Waals surface area contributed by atoms with Crippen LogP contribution >= 0.6 is 11.6 Å². The van der Waals surface area contributed by atoms with Crippen LogP contribution in [0, 0.1) is 17.2 Å². The molecule has 2 atom stereocenters. The van der Waals surface area contributed by atoms with Crippen LogP contribution in [0.1, 0.15) is 37.8 Å². The molecule has 0 heterocycles. The number of esters is 1. The van der Waals surface area contributed by atoms with E-state index in [-0.39, 0.29) is 6.54 Å². The number of rotatable bonds is 6. The van der Waals surface area contributed by atoms with Crippen LogP contribution in [0.2, 0.25) is 5.02 Å². The van der Waals surface area contributed by atoms with Crippen molar-refractivity contribution < 1.29 is 19.4 Å². The minimum atomic E-state index is -1.46. The quantitative estimate of drug-likeness (QED) is 0.546. The molecule has 0 spiro atoms. The normalized spacial score (nSPS) is 13.2. The van der Waals surface area contributed by atoms with Gasteiger partial charge in [-0.05, 0) is 56.2 Å². The van der Waals surface area contributed by atoms with Crippen LogP contribution in [-0.4, -0.2) is 29.2 Å². The predicted molar refractivity (Wildman–Crippen MR) is 110 cm³/mol. The molecule has 29 heavy (non-hydrogen) atoms. The first-order valence-electron chi connectivity index (χ1n) is 9.03. The van der Waals surface area contributed by atoms with Gasteiger partial charge in [0.2, 0.25) is 0 Å². The Labute approximate surface area is 174 Å². The lowest BCUT2D eigenvalue weighted by Gasteiger charge is -2.27. The second-order valence-corrected chi connectivity index (χ2v) is 8.03. The molecule has 0 fully saturated rings. The highest BCUT2D eigenvalue weighted by atomic mass is 35.5. The van der Waals surface area contributed by atoms with Crippen LogP contribution in [0.5, 0.6) is 0 Å². The topological polar surface area (TPSA) is 113 Å². The van der Waals surface area contributed by atoms with Crippen molar-refractivity contribution in [2.45, 2.75) is 32.3 Å². The number of carboxylic acid groups (broad SMARTS) is 1. The summed E-state index contributed by atoms with van der Waals surface area (Å²) in [4.78, 5) is 24.4. The average molecular weight is 415 g/mol. The van der Waals surface area contributed by atoms with Crippen molar-refractivity contribution in [3.8, 4) is 17.2 Å². The Morgan fingerprint density at radius 1 is 1.24 bits per heavy atom. The molecule has 0 aliphatic heterocycles. The number of halogens is 1. The van der Waals surface area contributed by atoms with E-state index in [1.807, 2.05) is 0 Å². The van der Waals surface area contributed by atoms with Gasteiger partial charge in [-0.15, -0.1) is 0 Å². The Hall–Kier alpha value is -2.88. The predicted octanol–water partition coefficient (Wildman–Crippen LogP) is 3.96. The maximum Gasteiger partial charge on any atom is 0.321 e. The maximum atomic E-state index is 12.6. The van der Waals surface area contributed by atoms with Gasteiger partial charge in [-0.25, -0.2) is 0 Å². The van der Waals surface area contributed by atoms with Crippen molar-refractivity contribution in [1.29, 1.82) is 5.26 Å². The fourth-order valence-electron chi connectivity index (χ4n) is 3.02. The molecule has 7 heteroatoms. The number of hydrogen-bond donors (Lipinski definition) is 2. The van der Waals surface area contributed by atoms with Crippen molar-refractivity contribution in [2.24, 2.45) is 11.7 Å². The molecule has 0 aliphatic carbocycles. The number of aliphatic carboxylic acids is 1. The molecule has 0 saturated carbocycles. The highest BCUT2D eigenvalue weighted by molar-refractivity contribution is 6.33. The number of nitriles is 1. The highest BCUT2D eigenvalue weighted by Crippen LogP contribution is 2.34. The summed E-state index contributed by atoms with van der Waals surface area (Å²) in [5.41, 5.74) is 7.38. The summed E-state index contributed by atoms with van der Waals surface area (Å²) in [7, 11) is 0. The van der Waals surface area contributed by atoms with E-state index in [0.717, 1.165) is 0 Å². The Kier molecular flexibility index (Phi) is 7.02. The average Bonchev–Trinajstić information content (AvgIpc) is 2.64. The SMILES string of the molecule is CC(C)(C)OC(=O)C(C(=O)O)[C@@H](CN)c1ccc(Cl)c(-c2cccc(C#N)c2)c1. The monoisotopic (exact) mass is 414 g/mol. The third-order valence-electron chi connectivity index (χ3n) is 4.30. The van der Waals surface area contributed by atoms with Gasteiger partial charge in [-0.2, -0.15) is 5.26 Å². The molecule has 152 valence electrons. The third-order valence-corrected chi connectivity index (χ3v) is 4.63. The number of benzene rings is 2. The Bertz CT molecular complexity index is 960. The number of nitrogens with zero attached hydrogens (tertiary/aromatic N) is 1. The zero-order valence-electron chi connectivity index (χ0n) is 16.5. The molecule has 0 aromatic heterocycles. The lowest BCUT2D eigenvalue weighted by atomic mass is 9.84. The first-order valence-corrected chi connectivity index (χ1v) is 9.41. The van der Waals surface area contributed by atoms with Crippen molar-refractivity contribution >= 4 is 23.5 Å². The first-order chi connectivity index (χ1) is 13.6. The van der Waals surface area contributed by atoms with Crippen molar-refractivity contribution in [3.63, 3.8) is 0 Å². The van der Waals surface area contributed by atoms with Crippen molar-refractivity contribution in [3.05, 3.63) is 58.6 Å². The molecule has 2 aromatic rings. The molecular formula is C22H23ClN2O4. The van der Waals surface area contributed by atoms with E-state index in [0.29, 0.717) is 27.3 Å². The fourth-order valence-corrected chi connectivity index (χ4v) is 3.24. The van der Waals surface area contributed by atoms with Gasteiger partial charge >= 0.3 is 11.9 Å². The van der Waals surface area contributed by atoms with Crippen LogP contribution in [0.3, 0.4) is 0 Å². The number of hydrogen-bond acceptors (Lipinski definition) is 5. The summed E-state index contributed by atoms with van der Waals surface area (Å²) < 4.78 is 5.30. The summed E-state index contributed by atoms with van der Waals surface area (Å²) in [5.74, 6) is -4.42. The lowest BCUT2D eigenvalue weighted by Crippen LogP contribution is -2.38. The zero-order valence-corrected chi connectivity index (χ0v) is 17.2. The van der Waals surface area contributed by atoms with E-state index in [1.54, 1.807) is 63.2 Å². The Morgan fingerprint density at radius 2 is 1.93 bits per heavy atom.